The average molecular weight is 321 g/mol. The lowest BCUT2D eigenvalue weighted by Crippen LogP contribution is -2.50. The smallest absolute Gasteiger partial charge is 0.291 e. The van der Waals surface area contributed by atoms with Gasteiger partial charge in [-0.15, -0.1) is 11.1 Å². The maximum atomic E-state index is 6.95. The lowest BCUT2D eigenvalue weighted by molar-refractivity contribution is 0.337. The van der Waals surface area contributed by atoms with Crippen LogP contribution in [0.25, 0.3) is 0 Å². The second kappa shape index (κ2) is 14.4. The molecule has 4 heteroatoms. The highest BCUT2D eigenvalue weighted by Crippen LogP contribution is 2.12. The molecule has 0 bridgehead atoms. The summed E-state index contributed by atoms with van der Waals surface area (Å²) >= 11 is 6.95. The maximum absolute atomic E-state index is 6.95. The van der Waals surface area contributed by atoms with Gasteiger partial charge in [0.2, 0.25) is 0 Å². The monoisotopic (exact) mass is 320 g/mol. The third-order valence-corrected chi connectivity index (χ3v) is 7.69. The molecule has 20 heavy (non-hydrogen) atoms. The standard InChI is InChI=1S/C16H37ClN2Si/c1-5-9-13-18(14-10-6-2)20(17)19(15-11-7-3)16-12-8-4/h20H,5-16H2,1-4H3. The molecule has 0 aromatic carbocycles. The van der Waals surface area contributed by atoms with E-state index in [2.05, 4.69) is 36.8 Å². The third kappa shape index (κ3) is 9.38. The van der Waals surface area contributed by atoms with Crippen molar-refractivity contribution < 1.29 is 0 Å². The van der Waals surface area contributed by atoms with Crippen molar-refractivity contribution in [3.8, 4) is 0 Å². The number of hydrogen-bond acceptors (Lipinski definition) is 2. The lowest BCUT2D eigenvalue weighted by Gasteiger charge is -2.34. The molecule has 0 amide bonds. The summed E-state index contributed by atoms with van der Waals surface area (Å²) in [6.45, 7) is 13.9. The molecule has 0 radical (unpaired) electrons. The number of nitrogens with zero attached hydrogens (tertiary/aromatic N) is 2. The fraction of sp³-hybridized carbons (Fsp3) is 1.00. The highest BCUT2D eigenvalue weighted by molar-refractivity contribution is 7.03. The normalized spacial score (nSPS) is 12.0. The molecule has 0 saturated carbocycles. The van der Waals surface area contributed by atoms with E-state index in [-0.39, 0.29) is 0 Å². The molecule has 0 aliphatic carbocycles. The molecule has 2 nitrogen and oxygen atoms in total. The Balaban J connectivity index is 4.49. The Hall–Kier alpha value is 0.427. The van der Waals surface area contributed by atoms with Gasteiger partial charge < -0.3 is 9.13 Å². The van der Waals surface area contributed by atoms with E-state index in [1.807, 2.05) is 0 Å². The summed E-state index contributed by atoms with van der Waals surface area (Å²) in [6, 6.07) is 0. The predicted octanol–water partition coefficient (Wildman–Crippen LogP) is 4.75. The second-order valence-electron chi connectivity index (χ2n) is 5.80. The largest absolute Gasteiger partial charge is 0.302 e. The number of rotatable bonds is 14. The Morgan fingerprint density at radius 3 is 1.05 bits per heavy atom. The quantitative estimate of drug-likeness (QED) is 0.337. The fourth-order valence-electron chi connectivity index (χ4n) is 2.33. The van der Waals surface area contributed by atoms with Gasteiger partial charge in [0, 0.05) is 0 Å². The van der Waals surface area contributed by atoms with Gasteiger partial charge in [-0.05, 0) is 51.9 Å². The Labute approximate surface area is 134 Å². The molecule has 0 aliphatic rings. The minimum absolute atomic E-state index is 1.20. The van der Waals surface area contributed by atoms with Crippen molar-refractivity contribution in [3.05, 3.63) is 0 Å². The van der Waals surface area contributed by atoms with Gasteiger partial charge in [-0.1, -0.05) is 53.4 Å². The summed E-state index contributed by atoms with van der Waals surface area (Å²) in [7, 11) is -1.42. The van der Waals surface area contributed by atoms with Crippen molar-refractivity contribution in [1.82, 2.24) is 9.13 Å². The van der Waals surface area contributed by atoms with Gasteiger partial charge in [-0.25, -0.2) is 0 Å². The number of hydrogen-bond donors (Lipinski definition) is 0. The Bertz CT molecular complexity index is 169. The molecule has 0 spiro atoms. The second-order valence-corrected chi connectivity index (χ2v) is 9.05. The van der Waals surface area contributed by atoms with E-state index in [4.69, 9.17) is 11.1 Å². The van der Waals surface area contributed by atoms with Crippen molar-refractivity contribution in [3.63, 3.8) is 0 Å². The first-order valence-electron chi connectivity index (χ1n) is 8.83. The van der Waals surface area contributed by atoms with Crippen LogP contribution in [0.3, 0.4) is 0 Å². The van der Waals surface area contributed by atoms with Crippen LogP contribution in [-0.4, -0.2) is 43.7 Å². The van der Waals surface area contributed by atoms with Crippen LogP contribution in [0.5, 0.6) is 0 Å². The molecule has 0 heterocycles. The van der Waals surface area contributed by atoms with Gasteiger partial charge >= 0.3 is 0 Å². The van der Waals surface area contributed by atoms with E-state index in [1.54, 1.807) is 0 Å². The summed E-state index contributed by atoms with van der Waals surface area (Å²) in [6.07, 6.45) is 10.2. The fourth-order valence-corrected chi connectivity index (χ4v) is 5.54. The summed E-state index contributed by atoms with van der Waals surface area (Å²) < 4.78 is 5.25. The molecule has 0 aliphatic heterocycles. The molecule has 0 saturated heterocycles. The predicted molar refractivity (Wildman–Crippen MR) is 95.8 cm³/mol. The summed E-state index contributed by atoms with van der Waals surface area (Å²) in [5.41, 5.74) is 0. The molecule has 0 fully saturated rings. The van der Waals surface area contributed by atoms with Gasteiger partial charge in [0.15, 0.2) is 0 Å². The van der Waals surface area contributed by atoms with Crippen LogP contribution in [0, 0.1) is 0 Å². The SMILES string of the molecule is CCCCN(CCCC)[SiH](Cl)N(CCCC)CCCC. The van der Waals surface area contributed by atoms with Crippen molar-refractivity contribution in [2.24, 2.45) is 0 Å². The first-order valence-corrected chi connectivity index (χ1v) is 11.6. The zero-order valence-corrected chi connectivity index (χ0v) is 16.2. The maximum Gasteiger partial charge on any atom is 0.291 e. The lowest BCUT2D eigenvalue weighted by atomic mass is 10.3. The molecular weight excluding hydrogens is 284 g/mol. The van der Waals surface area contributed by atoms with E-state index in [0.29, 0.717) is 0 Å². The number of unbranched alkanes of at least 4 members (excludes halogenated alkanes) is 4. The first kappa shape index (κ1) is 20.4. The Kier molecular flexibility index (Phi) is 14.7. The highest BCUT2D eigenvalue weighted by Gasteiger charge is 2.24. The molecular formula is C16H37ClN2Si. The Morgan fingerprint density at radius 1 is 0.600 bits per heavy atom. The molecule has 0 rings (SSSR count). The minimum Gasteiger partial charge on any atom is -0.302 e. The van der Waals surface area contributed by atoms with Gasteiger partial charge in [0.25, 0.3) is 8.43 Å². The molecule has 0 aromatic rings. The van der Waals surface area contributed by atoms with E-state index in [1.165, 1.54) is 77.5 Å². The van der Waals surface area contributed by atoms with Crippen LogP contribution in [0.1, 0.15) is 79.1 Å². The van der Waals surface area contributed by atoms with E-state index < -0.39 is 8.43 Å². The topological polar surface area (TPSA) is 6.48 Å². The minimum atomic E-state index is -1.42. The van der Waals surface area contributed by atoms with Crippen molar-refractivity contribution in [2.45, 2.75) is 79.1 Å². The van der Waals surface area contributed by atoms with Crippen LogP contribution < -0.4 is 0 Å². The van der Waals surface area contributed by atoms with E-state index >= 15 is 0 Å². The van der Waals surface area contributed by atoms with Crippen molar-refractivity contribution >= 4 is 19.5 Å². The summed E-state index contributed by atoms with van der Waals surface area (Å²) in [5, 5.41) is 0. The summed E-state index contributed by atoms with van der Waals surface area (Å²) in [4.78, 5) is 0. The zero-order chi connectivity index (χ0) is 15.2. The number of halogens is 1. The molecule has 0 aromatic heterocycles. The van der Waals surface area contributed by atoms with Crippen LogP contribution in [0.2, 0.25) is 0 Å². The van der Waals surface area contributed by atoms with E-state index in [0.717, 1.165) is 0 Å². The molecule has 122 valence electrons. The van der Waals surface area contributed by atoms with Crippen LogP contribution >= 0.6 is 11.1 Å². The van der Waals surface area contributed by atoms with Crippen LogP contribution in [-0.2, 0) is 0 Å². The van der Waals surface area contributed by atoms with Gasteiger partial charge in [0.1, 0.15) is 0 Å². The summed E-state index contributed by atoms with van der Waals surface area (Å²) in [5.74, 6) is 0. The molecule has 0 unspecified atom stereocenters. The highest BCUT2D eigenvalue weighted by atomic mass is 35.6. The zero-order valence-electron chi connectivity index (χ0n) is 14.3. The van der Waals surface area contributed by atoms with Crippen LogP contribution in [0.15, 0.2) is 0 Å². The Morgan fingerprint density at radius 2 is 0.850 bits per heavy atom. The molecule has 0 atom stereocenters. The van der Waals surface area contributed by atoms with Gasteiger partial charge in [-0.2, -0.15) is 0 Å². The van der Waals surface area contributed by atoms with Crippen molar-refractivity contribution in [2.75, 3.05) is 26.2 Å². The third-order valence-electron chi connectivity index (χ3n) is 3.80. The van der Waals surface area contributed by atoms with Gasteiger partial charge in [0.05, 0.1) is 0 Å². The first-order chi connectivity index (χ1) is 9.71. The molecule has 0 N–H and O–H groups in total. The van der Waals surface area contributed by atoms with Gasteiger partial charge in [-0.3, -0.25) is 0 Å². The van der Waals surface area contributed by atoms with Crippen molar-refractivity contribution in [1.29, 1.82) is 0 Å². The van der Waals surface area contributed by atoms with E-state index in [9.17, 15) is 0 Å². The van der Waals surface area contributed by atoms with Crippen LogP contribution in [0.4, 0.5) is 0 Å². The average Bonchev–Trinajstić information content (AvgIpc) is 2.47.